The fourth-order valence-electron chi connectivity index (χ4n) is 1.72. The second-order valence-electron chi connectivity index (χ2n) is 4.39. The smallest absolute Gasteiger partial charge is 0.384 e. The molecule has 20 heavy (non-hydrogen) atoms. The topological polar surface area (TPSA) is 51.0 Å². The number of alkyl halides is 3. The number of para-hydroxylation sites is 1. The van der Waals surface area contributed by atoms with Crippen molar-refractivity contribution in [2.24, 2.45) is 0 Å². The number of nitrogens with zero attached hydrogens (tertiary/aromatic N) is 2. The van der Waals surface area contributed by atoms with Crippen molar-refractivity contribution in [3.63, 3.8) is 0 Å². The summed E-state index contributed by atoms with van der Waals surface area (Å²) in [6.07, 6.45) is -5.11. The van der Waals surface area contributed by atoms with Crippen LogP contribution in [-0.2, 0) is 12.8 Å². The van der Waals surface area contributed by atoms with Crippen LogP contribution in [0.3, 0.4) is 0 Å². The van der Waals surface area contributed by atoms with Gasteiger partial charge < -0.3 is 9.84 Å². The van der Waals surface area contributed by atoms with Gasteiger partial charge in [-0.15, -0.1) is 0 Å². The first kappa shape index (κ1) is 14.4. The maximum Gasteiger partial charge on any atom is 0.396 e. The third kappa shape index (κ3) is 4.25. The molecule has 2 aromatic rings. The first-order chi connectivity index (χ1) is 9.44. The zero-order valence-electron chi connectivity index (χ0n) is 10.9. The van der Waals surface area contributed by atoms with Crippen LogP contribution in [0.25, 0.3) is 0 Å². The molecule has 0 radical (unpaired) electrons. The van der Waals surface area contributed by atoms with Crippen LogP contribution in [0.4, 0.5) is 18.9 Å². The Balaban J connectivity index is 1.84. The summed E-state index contributed by atoms with van der Waals surface area (Å²) in [5.41, 5.74) is 2.07. The normalized spacial score (nSPS) is 11.6. The molecule has 0 bridgehead atoms. The number of halogens is 3. The molecule has 0 amide bonds. The molecule has 0 saturated heterocycles. The lowest BCUT2D eigenvalue weighted by molar-refractivity contribution is -0.128. The number of rotatable bonds is 5. The van der Waals surface area contributed by atoms with Gasteiger partial charge in [0.25, 0.3) is 0 Å². The molecule has 0 fully saturated rings. The summed E-state index contributed by atoms with van der Waals surface area (Å²) >= 11 is 0. The summed E-state index contributed by atoms with van der Waals surface area (Å²) in [5.74, 6) is -0.131. The summed E-state index contributed by atoms with van der Waals surface area (Å²) < 4.78 is 41.2. The molecule has 4 nitrogen and oxygen atoms in total. The number of hydrogen-bond donors (Lipinski definition) is 1. The van der Waals surface area contributed by atoms with E-state index in [1.807, 2.05) is 31.2 Å². The fraction of sp³-hybridized carbons (Fsp3) is 0.385. The predicted octanol–water partition coefficient (Wildman–Crippen LogP) is 3.14. The van der Waals surface area contributed by atoms with E-state index in [-0.39, 0.29) is 11.7 Å². The highest BCUT2D eigenvalue weighted by Gasteiger charge is 2.30. The minimum atomic E-state index is -4.32. The Morgan fingerprint density at radius 1 is 1.25 bits per heavy atom. The maximum atomic E-state index is 12.1. The highest BCUT2D eigenvalue weighted by molar-refractivity contribution is 5.50. The molecule has 0 aliphatic heterocycles. The molecule has 1 N–H and O–H groups in total. The van der Waals surface area contributed by atoms with Crippen molar-refractivity contribution < 1.29 is 17.7 Å². The summed E-state index contributed by atoms with van der Waals surface area (Å²) in [5, 5.41) is 6.48. The SMILES string of the molecule is Cc1ccccc1NCCc1nc(CC(F)(F)F)no1. The average molecular weight is 285 g/mol. The van der Waals surface area contributed by atoms with Gasteiger partial charge in [0.05, 0.1) is 0 Å². The average Bonchev–Trinajstić information content (AvgIpc) is 2.77. The lowest BCUT2D eigenvalue weighted by atomic mass is 10.2. The minimum absolute atomic E-state index is 0.199. The summed E-state index contributed by atoms with van der Waals surface area (Å²) in [6.45, 7) is 2.48. The van der Waals surface area contributed by atoms with Gasteiger partial charge in [-0.1, -0.05) is 23.4 Å². The largest absolute Gasteiger partial charge is 0.396 e. The van der Waals surface area contributed by atoms with Crippen molar-refractivity contribution in [3.05, 3.63) is 41.5 Å². The van der Waals surface area contributed by atoms with Crippen LogP contribution < -0.4 is 5.32 Å². The molecule has 1 aromatic heterocycles. The van der Waals surface area contributed by atoms with E-state index in [4.69, 9.17) is 4.52 Å². The van der Waals surface area contributed by atoms with Crippen molar-refractivity contribution in [2.45, 2.75) is 25.9 Å². The summed E-state index contributed by atoms with van der Waals surface area (Å²) in [4.78, 5) is 3.71. The van der Waals surface area contributed by atoms with E-state index in [0.29, 0.717) is 13.0 Å². The molecule has 0 aliphatic rings. The van der Waals surface area contributed by atoms with Crippen LogP contribution in [0.1, 0.15) is 17.3 Å². The zero-order valence-corrected chi connectivity index (χ0v) is 10.9. The van der Waals surface area contributed by atoms with E-state index >= 15 is 0 Å². The molecule has 1 heterocycles. The van der Waals surface area contributed by atoms with Gasteiger partial charge in [0, 0.05) is 18.7 Å². The molecule has 0 spiro atoms. The second kappa shape index (κ2) is 5.94. The van der Waals surface area contributed by atoms with Crippen molar-refractivity contribution in [1.82, 2.24) is 10.1 Å². The number of anilines is 1. The van der Waals surface area contributed by atoms with Gasteiger partial charge in [-0.05, 0) is 18.6 Å². The quantitative estimate of drug-likeness (QED) is 0.917. The van der Waals surface area contributed by atoms with Crippen molar-refractivity contribution in [2.75, 3.05) is 11.9 Å². The molecule has 108 valence electrons. The Labute approximate surface area is 114 Å². The number of nitrogens with one attached hydrogen (secondary N) is 1. The molecule has 0 unspecified atom stereocenters. The van der Waals surface area contributed by atoms with Gasteiger partial charge >= 0.3 is 6.18 Å². The number of aromatic nitrogens is 2. The van der Waals surface area contributed by atoms with E-state index in [9.17, 15) is 13.2 Å². The predicted molar refractivity (Wildman–Crippen MR) is 67.4 cm³/mol. The van der Waals surface area contributed by atoms with Crippen LogP contribution in [0.15, 0.2) is 28.8 Å². The summed E-state index contributed by atoms with van der Waals surface area (Å²) in [6, 6.07) is 7.74. The highest BCUT2D eigenvalue weighted by atomic mass is 19.4. The van der Waals surface area contributed by atoms with E-state index in [1.165, 1.54) is 0 Å². The van der Waals surface area contributed by atoms with E-state index in [2.05, 4.69) is 15.5 Å². The Kier molecular flexibility index (Phi) is 4.26. The Morgan fingerprint density at radius 2 is 2.00 bits per heavy atom. The van der Waals surface area contributed by atoms with Gasteiger partial charge in [-0.2, -0.15) is 18.2 Å². The summed E-state index contributed by atoms with van der Waals surface area (Å²) in [7, 11) is 0. The zero-order chi connectivity index (χ0) is 14.6. The molecule has 7 heteroatoms. The Hall–Kier alpha value is -2.05. The maximum absolute atomic E-state index is 12.1. The Bertz CT molecular complexity index is 566. The van der Waals surface area contributed by atoms with Gasteiger partial charge in [-0.3, -0.25) is 0 Å². The first-order valence-corrected chi connectivity index (χ1v) is 6.12. The molecule has 0 aliphatic carbocycles. The number of benzene rings is 1. The number of aryl methyl sites for hydroxylation is 1. The van der Waals surface area contributed by atoms with Crippen molar-refractivity contribution >= 4 is 5.69 Å². The van der Waals surface area contributed by atoms with E-state index in [0.717, 1.165) is 11.3 Å². The fourth-order valence-corrected chi connectivity index (χ4v) is 1.72. The van der Waals surface area contributed by atoms with Crippen LogP contribution in [-0.4, -0.2) is 22.9 Å². The molecule has 0 saturated carbocycles. The standard InChI is InChI=1S/C13H14F3N3O/c1-9-4-2-3-5-10(9)17-7-6-12-18-11(19-20-12)8-13(14,15)16/h2-5,17H,6-8H2,1H3. The number of hydrogen-bond acceptors (Lipinski definition) is 4. The van der Waals surface area contributed by atoms with Crippen LogP contribution >= 0.6 is 0 Å². The second-order valence-corrected chi connectivity index (χ2v) is 4.39. The van der Waals surface area contributed by atoms with Crippen LogP contribution in [0, 0.1) is 6.92 Å². The lowest BCUT2D eigenvalue weighted by Crippen LogP contribution is -2.12. The molecule has 2 rings (SSSR count). The third-order valence-corrected chi connectivity index (χ3v) is 2.67. The van der Waals surface area contributed by atoms with Crippen LogP contribution in [0.2, 0.25) is 0 Å². The molecule has 0 atom stereocenters. The van der Waals surface area contributed by atoms with Crippen molar-refractivity contribution in [3.8, 4) is 0 Å². The third-order valence-electron chi connectivity index (χ3n) is 2.67. The molecular weight excluding hydrogens is 271 g/mol. The lowest BCUT2D eigenvalue weighted by Gasteiger charge is -2.07. The monoisotopic (exact) mass is 285 g/mol. The van der Waals surface area contributed by atoms with Gasteiger partial charge in [-0.25, -0.2) is 0 Å². The van der Waals surface area contributed by atoms with Gasteiger partial charge in [0.15, 0.2) is 5.82 Å². The first-order valence-electron chi connectivity index (χ1n) is 6.12. The highest BCUT2D eigenvalue weighted by Crippen LogP contribution is 2.19. The van der Waals surface area contributed by atoms with E-state index < -0.39 is 12.6 Å². The van der Waals surface area contributed by atoms with Crippen LogP contribution in [0.5, 0.6) is 0 Å². The minimum Gasteiger partial charge on any atom is -0.384 e. The van der Waals surface area contributed by atoms with E-state index in [1.54, 1.807) is 0 Å². The molecule has 1 aromatic carbocycles. The Morgan fingerprint density at radius 3 is 2.70 bits per heavy atom. The van der Waals surface area contributed by atoms with Crippen molar-refractivity contribution in [1.29, 1.82) is 0 Å². The molecular formula is C13H14F3N3O. The van der Waals surface area contributed by atoms with Gasteiger partial charge in [0.2, 0.25) is 5.89 Å². The van der Waals surface area contributed by atoms with Gasteiger partial charge in [0.1, 0.15) is 6.42 Å².